The molecule has 8 nitrogen and oxygen atoms in total. The Hall–Kier alpha value is -2.61. The molecule has 4 aliphatic heterocycles. The van der Waals surface area contributed by atoms with Crippen LogP contribution < -0.4 is 15.0 Å². The maximum absolute atomic E-state index is 12.9. The third-order valence-corrected chi connectivity index (χ3v) is 6.06. The fourth-order valence-corrected chi connectivity index (χ4v) is 4.64. The maximum Gasteiger partial charge on any atom is 0.255 e. The quantitative estimate of drug-likeness (QED) is 0.699. The number of benzene rings is 1. The molecule has 142 valence electrons. The van der Waals surface area contributed by atoms with Gasteiger partial charge in [0.1, 0.15) is 18.4 Å². The lowest BCUT2D eigenvalue weighted by molar-refractivity contribution is -0.136. The summed E-state index contributed by atoms with van der Waals surface area (Å²) in [6.07, 6.45) is 0.627. The second kappa shape index (κ2) is 5.95. The Morgan fingerprint density at radius 1 is 1.15 bits per heavy atom. The molecule has 2 unspecified atom stereocenters. The molecule has 1 aromatic rings. The van der Waals surface area contributed by atoms with Crippen molar-refractivity contribution in [1.82, 2.24) is 15.1 Å². The van der Waals surface area contributed by atoms with E-state index in [9.17, 15) is 14.4 Å². The fraction of sp³-hybridized carbons (Fsp3) is 0.526. The average molecular weight is 370 g/mol. The highest BCUT2D eigenvalue weighted by molar-refractivity contribution is 6.06. The van der Waals surface area contributed by atoms with Crippen molar-refractivity contribution in [2.75, 3.05) is 38.2 Å². The summed E-state index contributed by atoms with van der Waals surface area (Å²) in [6.45, 7) is 3.83. The zero-order valence-electron chi connectivity index (χ0n) is 15.2. The molecule has 8 heteroatoms. The Labute approximate surface area is 157 Å². The van der Waals surface area contributed by atoms with Gasteiger partial charge < -0.3 is 19.4 Å². The summed E-state index contributed by atoms with van der Waals surface area (Å²) in [5.74, 6) is -0.0496. The summed E-state index contributed by atoms with van der Waals surface area (Å²) < 4.78 is 6.11. The number of imide groups is 1. The molecule has 0 saturated carbocycles. The molecule has 5 rings (SSSR count). The van der Waals surface area contributed by atoms with Crippen LogP contribution in [0.1, 0.15) is 28.8 Å². The normalized spacial score (nSPS) is 27.7. The summed E-state index contributed by atoms with van der Waals surface area (Å²) in [5, 5.41) is 2.34. The first-order valence-corrected chi connectivity index (χ1v) is 9.41. The van der Waals surface area contributed by atoms with Crippen LogP contribution in [0, 0.1) is 0 Å². The zero-order chi connectivity index (χ0) is 18.7. The van der Waals surface area contributed by atoms with Crippen LogP contribution in [0.25, 0.3) is 0 Å². The number of piperazine rings is 1. The van der Waals surface area contributed by atoms with E-state index in [0.717, 1.165) is 36.6 Å². The fourth-order valence-electron chi connectivity index (χ4n) is 4.64. The molecule has 4 heterocycles. The highest BCUT2D eigenvalue weighted by Gasteiger charge is 2.42. The van der Waals surface area contributed by atoms with Gasteiger partial charge in [0.2, 0.25) is 11.8 Å². The first-order valence-electron chi connectivity index (χ1n) is 9.41. The second-order valence-corrected chi connectivity index (χ2v) is 7.76. The topological polar surface area (TPSA) is 82.2 Å². The number of nitrogens with one attached hydrogen (secondary N) is 1. The third-order valence-electron chi connectivity index (χ3n) is 6.06. The molecular weight excluding hydrogens is 348 g/mol. The number of fused-ring (bicyclic) bond motifs is 5. The zero-order valence-corrected chi connectivity index (χ0v) is 15.2. The third kappa shape index (κ3) is 2.50. The van der Waals surface area contributed by atoms with Crippen LogP contribution in [-0.2, 0) is 16.1 Å². The Kier molecular flexibility index (Phi) is 3.65. The van der Waals surface area contributed by atoms with E-state index in [2.05, 4.69) is 22.2 Å². The highest BCUT2D eigenvalue weighted by Crippen LogP contribution is 2.43. The van der Waals surface area contributed by atoms with Crippen molar-refractivity contribution in [3.63, 3.8) is 0 Å². The lowest BCUT2D eigenvalue weighted by Crippen LogP contribution is -2.56. The number of ether oxygens (including phenoxy) is 1. The maximum atomic E-state index is 12.9. The van der Waals surface area contributed by atoms with Gasteiger partial charge in [0.15, 0.2) is 0 Å². The number of rotatable bonds is 1. The van der Waals surface area contributed by atoms with Crippen LogP contribution in [-0.4, -0.2) is 72.9 Å². The molecule has 2 atom stereocenters. The van der Waals surface area contributed by atoms with Gasteiger partial charge in [-0.3, -0.25) is 19.7 Å². The summed E-state index contributed by atoms with van der Waals surface area (Å²) >= 11 is 0. The van der Waals surface area contributed by atoms with Gasteiger partial charge in [0.05, 0.1) is 18.3 Å². The minimum absolute atomic E-state index is 0.161. The molecule has 27 heavy (non-hydrogen) atoms. The molecule has 0 aliphatic carbocycles. The van der Waals surface area contributed by atoms with Gasteiger partial charge in [-0.05, 0) is 25.6 Å². The molecule has 2 fully saturated rings. The smallest absolute Gasteiger partial charge is 0.255 e. The summed E-state index contributed by atoms with van der Waals surface area (Å²) in [5.41, 5.74) is 2.50. The Morgan fingerprint density at radius 3 is 2.81 bits per heavy atom. The molecule has 3 amide bonds. The van der Waals surface area contributed by atoms with E-state index in [4.69, 9.17) is 4.74 Å². The average Bonchev–Trinajstić information content (AvgIpc) is 2.98. The number of hydrogen-bond donors (Lipinski definition) is 1. The van der Waals surface area contributed by atoms with E-state index in [0.29, 0.717) is 31.2 Å². The van der Waals surface area contributed by atoms with Gasteiger partial charge in [-0.25, -0.2) is 0 Å². The Balaban J connectivity index is 1.46. The van der Waals surface area contributed by atoms with Crippen molar-refractivity contribution in [3.05, 3.63) is 23.3 Å². The lowest BCUT2D eigenvalue weighted by atomic mass is 10.0. The van der Waals surface area contributed by atoms with E-state index in [-0.39, 0.29) is 24.1 Å². The van der Waals surface area contributed by atoms with Crippen LogP contribution in [0.3, 0.4) is 0 Å². The number of carbonyl (C=O) groups is 3. The van der Waals surface area contributed by atoms with Gasteiger partial charge >= 0.3 is 0 Å². The van der Waals surface area contributed by atoms with E-state index >= 15 is 0 Å². The predicted octanol–water partition coefficient (Wildman–Crippen LogP) is -0.0396. The van der Waals surface area contributed by atoms with E-state index in [1.54, 1.807) is 4.90 Å². The summed E-state index contributed by atoms with van der Waals surface area (Å²) in [4.78, 5) is 42.8. The van der Waals surface area contributed by atoms with Crippen LogP contribution in [0.4, 0.5) is 5.69 Å². The van der Waals surface area contributed by atoms with E-state index < -0.39 is 6.04 Å². The summed E-state index contributed by atoms with van der Waals surface area (Å²) in [6, 6.07) is 3.54. The Morgan fingerprint density at radius 2 is 2.00 bits per heavy atom. The van der Waals surface area contributed by atoms with Crippen molar-refractivity contribution in [2.24, 2.45) is 0 Å². The first kappa shape index (κ1) is 16.6. The number of anilines is 1. The number of piperidine rings is 1. The number of hydrogen-bond acceptors (Lipinski definition) is 6. The van der Waals surface area contributed by atoms with Gasteiger partial charge in [-0.2, -0.15) is 0 Å². The standard InChI is InChI=1S/C19H22N4O4/c1-21-6-7-22-11(8-21)10-27-17-13-9-23(15-4-5-16(24)20-18(15)25)19(26)12(13)2-3-14(17)22/h2-3,11,15H,4-10H2,1H3,(H,20,24,25). The van der Waals surface area contributed by atoms with E-state index in [1.165, 1.54) is 0 Å². The molecule has 4 aliphatic rings. The van der Waals surface area contributed by atoms with Gasteiger partial charge in [-0.15, -0.1) is 0 Å². The van der Waals surface area contributed by atoms with Gasteiger partial charge in [0.25, 0.3) is 5.91 Å². The Bertz CT molecular complexity index is 854. The number of amides is 3. The lowest BCUT2D eigenvalue weighted by Gasteiger charge is -2.45. The predicted molar refractivity (Wildman–Crippen MR) is 96.6 cm³/mol. The molecule has 1 N–H and O–H groups in total. The molecule has 0 aromatic heterocycles. The van der Waals surface area contributed by atoms with Gasteiger partial charge in [0, 0.05) is 37.2 Å². The minimum atomic E-state index is -0.599. The first-order chi connectivity index (χ1) is 13.0. The van der Waals surface area contributed by atoms with Crippen molar-refractivity contribution in [2.45, 2.75) is 31.5 Å². The number of nitrogens with zero attached hydrogens (tertiary/aromatic N) is 3. The molecule has 0 spiro atoms. The molecule has 2 saturated heterocycles. The number of likely N-dealkylation sites (N-methyl/N-ethyl adjacent to an activating group) is 1. The molecule has 0 radical (unpaired) electrons. The molecule has 0 bridgehead atoms. The van der Waals surface area contributed by atoms with Crippen LogP contribution in [0.2, 0.25) is 0 Å². The van der Waals surface area contributed by atoms with E-state index in [1.807, 2.05) is 12.1 Å². The second-order valence-electron chi connectivity index (χ2n) is 7.76. The molecule has 1 aromatic carbocycles. The highest BCUT2D eigenvalue weighted by atomic mass is 16.5. The van der Waals surface area contributed by atoms with Crippen LogP contribution in [0.15, 0.2) is 12.1 Å². The van der Waals surface area contributed by atoms with Crippen LogP contribution in [0.5, 0.6) is 5.75 Å². The number of carbonyl (C=O) groups excluding carboxylic acids is 3. The largest absolute Gasteiger partial charge is 0.489 e. The monoisotopic (exact) mass is 370 g/mol. The SMILES string of the molecule is CN1CCN2c3ccc4c(c3OCC2C1)CN(C1CCC(=O)NC1=O)C4=O. The molecular formula is C19H22N4O4. The van der Waals surface area contributed by atoms with Gasteiger partial charge in [-0.1, -0.05) is 0 Å². The van der Waals surface area contributed by atoms with Crippen LogP contribution >= 0.6 is 0 Å². The summed E-state index contributed by atoms with van der Waals surface area (Å²) in [7, 11) is 2.12. The van der Waals surface area contributed by atoms with Crippen molar-refractivity contribution < 1.29 is 19.1 Å². The van der Waals surface area contributed by atoms with Crippen molar-refractivity contribution in [1.29, 1.82) is 0 Å². The van der Waals surface area contributed by atoms with Crippen molar-refractivity contribution in [3.8, 4) is 5.75 Å². The van der Waals surface area contributed by atoms with Crippen molar-refractivity contribution >= 4 is 23.4 Å². The minimum Gasteiger partial charge on any atom is -0.489 e.